The number of hydrogen-bond acceptors (Lipinski definition) is 5. The Morgan fingerprint density at radius 2 is 2.09 bits per heavy atom. The summed E-state index contributed by atoms with van der Waals surface area (Å²) in [7, 11) is 1.64. The summed E-state index contributed by atoms with van der Waals surface area (Å²) in [4.78, 5) is 24.4. The lowest BCUT2D eigenvalue weighted by Crippen LogP contribution is -2.27. The van der Waals surface area contributed by atoms with Crippen molar-refractivity contribution in [2.24, 2.45) is 7.05 Å². The first kappa shape index (κ1) is 17.2. The molecule has 1 N–H and O–H groups in total. The molecule has 0 saturated carbocycles. The van der Waals surface area contributed by atoms with Gasteiger partial charge >= 0.3 is 5.97 Å². The van der Waals surface area contributed by atoms with Crippen molar-refractivity contribution in [3.8, 4) is 0 Å². The SMILES string of the molecule is CCOC(=O)c1cnn(C)c1NC(=O)C(C)n1ncc(Br)c1C. The third-order valence-corrected chi connectivity index (χ3v) is 4.19. The van der Waals surface area contributed by atoms with Crippen LogP contribution in [-0.2, 0) is 16.6 Å². The van der Waals surface area contributed by atoms with Crippen LogP contribution in [0.1, 0.15) is 35.9 Å². The number of aromatic nitrogens is 4. The molecule has 0 bridgehead atoms. The Morgan fingerprint density at radius 1 is 1.39 bits per heavy atom. The van der Waals surface area contributed by atoms with Gasteiger partial charge in [0.1, 0.15) is 17.4 Å². The first-order chi connectivity index (χ1) is 10.9. The van der Waals surface area contributed by atoms with E-state index in [1.165, 1.54) is 10.9 Å². The quantitative estimate of drug-likeness (QED) is 0.797. The molecule has 23 heavy (non-hydrogen) atoms. The predicted octanol–water partition coefficient (Wildman–Crippen LogP) is 2.06. The van der Waals surface area contributed by atoms with Gasteiger partial charge in [-0.3, -0.25) is 14.2 Å². The lowest BCUT2D eigenvalue weighted by atomic mass is 10.2. The minimum absolute atomic E-state index is 0.216. The van der Waals surface area contributed by atoms with Gasteiger partial charge in [-0.1, -0.05) is 0 Å². The summed E-state index contributed by atoms with van der Waals surface area (Å²) in [6, 6.07) is -0.550. The molecule has 8 nitrogen and oxygen atoms in total. The molecule has 0 aliphatic heterocycles. The summed E-state index contributed by atoms with van der Waals surface area (Å²) in [5.74, 6) is -0.538. The standard InChI is InChI=1S/C14H18BrN5O3/c1-5-23-14(22)10-6-16-19(4)12(10)18-13(21)9(3)20-8(2)11(15)7-17-20/h6-7,9H,5H2,1-4H3,(H,18,21). The number of carbonyl (C=O) groups excluding carboxylic acids is 2. The fraction of sp³-hybridized carbons (Fsp3) is 0.429. The van der Waals surface area contributed by atoms with Gasteiger partial charge in [0.05, 0.1) is 29.2 Å². The second kappa shape index (κ2) is 6.95. The highest BCUT2D eigenvalue weighted by atomic mass is 79.9. The van der Waals surface area contributed by atoms with Crippen molar-refractivity contribution in [2.45, 2.75) is 26.8 Å². The second-order valence-corrected chi connectivity index (χ2v) is 5.79. The summed E-state index contributed by atoms with van der Waals surface area (Å²) in [5, 5.41) is 10.9. The van der Waals surface area contributed by atoms with E-state index in [1.54, 1.807) is 31.8 Å². The van der Waals surface area contributed by atoms with Crippen molar-refractivity contribution in [2.75, 3.05) is 11.9 Å². The van der Waals surface area contributed by atoms with Gasteiger partial charge in [0.2, 0.25) is 5.91 Å². The van der Waals surface area contributed by atoms with Gasteiger partial charge in [-0.25, -0.2) is 4.79 Å². The zero-order chi connectivity index (χ0) is 17.1. The van der Waals surface area contributed by atoms with Crippen LogP contribution in [0.2, 0.25) is 0 Å². The fourth-order valence-corrected chi connectivity index (χ4v) is 2.34. The number of anilines is 1. The third-order valence-electron chi connectivity index (χ3n) is 3.41. The molecule has 1 unspecified atom stereocenters. The maximum atomic E-state index is 12.5. The van der Waals surface area contributed by atoms with Crippen LogP contribution in [0.25, 0.3) is 0 Å². The van der Waals surface area contributed by atoms with Crippen LogP contribution in [0, 0.1) is 6.92 Å². The molecule has 2 aromatic heterocycles. The Balaban J connectivity index is 2.22. The van der Waals surface area contributed by atoms with Crippen LogP contribution in [0.5, 0.6) is 0 Å². The molecule has 0 aromatic carbocycles. The summed E-state index contributed by atoms with van der Waals surface area (Å²) in [5.41, 5.74) is 1.05. The number of carbonyl (C=O) groups is 2. The topological polar surface area (TPSA) is 91.0 Å². The first-order valence-electron chi connectivity index (χ1n) is 7.06. The van der Waals surface area contributed by atoms with Crippen molar-refractivity contribution in [1.82, 2.24) is 19.6 Å². The highest BCUT2D eigenvalue weighted by Crippen LogP contribution is 2.21. The molecule has 1 amide bonds. The lowest BCUT2D eigenvalue weighted by Gasteiger charge is -2.15. The van der Waals surface area contributed by atoms with Crippen LogP contribution in [-0.4, -0.2) is 38.0 Å². The van der Waals surface area contributed by atoms with Crippen molar-refractivity contribution < 1.29 is 14.3 Å². The molecule has 0 radical (unpaired) electrons. The van der Waals surface area contributed by atoms with Gasteiger partial charge in [0, 0.05) is 7.05 Å². The Kier molecular flexibility index (Phi) is 5.19. The Morgan fingerprint density at radius 3 is 2.65 bits per heavy atom. The van der Waals surface area contributed by atoms with E-state index in [1.807, 2.05) is 6.92 Å². The van der Waals surface area contributed by atoms with Crippen molar-refractivity contribution >= 4 is 33.6 Å². The van der Waals surface area contributed by atoms with Gasteiger partial charge in [0.15, 0.2) is 0 Å². The van der Waals surface area contributed by atoms with Gasteiger partial charge in [-0.05, 0) is 36.7 Å². The molecule has 2 rings (SSSR count). The molecular formula is C14H18BrN5O3. The van der Waals surface area contributed by atoms with E-state index in [9.17, 15) is 9.59 Å². The number of ether oxygens (including phenoxy) is 1. The van der Waals surface area contributed by atoms with Gasteiger partial charge in [-0.15, -0.1) is 0 Å². The van der Waals surface area contributed by atoms with E-state index in [2.05, 4.69) is 31.4 Å². The zero-order valence-corrected chi connectivity index (χ0v) is 14.9. The molecule has 0 spiro atoms. The first-order valence-corrected chi connectivity index (χ1v) is 7.85. The summed E-state index contributed by atoms with van der Waals surface area (Å²) in [6.07, 6.45) is 3.00. The largest absolute Gasteiger partial charge is 0.462 e. The Hall–Kier alpha value is -2.16. The van der Waals surface area contributed by atoms with Crippen LogP contribution >= 0.6 is 15.9 Å². The number of halogens is 1. The van der Waals surface area contributed by atoms with Crippen molar-refractivity contribution in [3.63, 3.8) is 0 Å². The minimum atomic E-state index is -0.550. The number of aryl methyl sites for hydroxylation is 1. The smallest absolute Gasteiger partial charge is 0.343 e. The predicted molar refractivity (Wildman–Crippen MR) is 87.2 cm³/mol. The van der Waals surface area contributed by atoms with Crippen LogP contribution in [0.4, 0.5) is 5.82 Å². The van der Waals surface area contributed by atoms with E-state index in [0.29, 0.717) is 5.82 Å². The minimum Gasteiger partial charge on any atom is -0.462 e. The van der Waals surface area contributed by atoms with Crippen LogP contribution in [0.15, 0.2) is 16.9 Å². The van der Waals surface area contributed by atoms with E-state index >= 15 is 0 Å². The maximum absolute atomic E-state index is 12.5. The van der Waals surface area contributed by atoms with E-state index in [4.69, 9.17) is 4.74 Å². The number of nitrogens with one attached hydrogen (secondary N) is 1. The molecule has 0 fully saturated rings. The molecule has 0 aliphatic rings. The number of rotatable bonds is 5. The highest BCUT2D eigenvalue weighted by molar-refractivity contribution is 9.10. The highest BCUT2D eigenvalue weighted by Gasteiger charge is 2.23. The van der Waals surface area contributed by atoms with E-state index in [0.717, 1.165) is 10.2 Å². The summed E-state index contributed by atoms with van der Waals surface area (Å²) < 4.78 is 8.80. The Bertz CT molecular complexity index is 737. The molecule has 2 aromatic rings. The molecule has 124 valence electrons. The van der Waals surface area contributed by atoms with Gasteiger partial charge in [-0.2, -0.15) is 10.2 Å². The Labute approximate surface area is 141 Å². The third kappa shape index (κ3) is 3.44. The van der Waals surface area contributed by atoms with Crippen LogP contribution < -0.4 is 5.32 Å². The lowest BCUT2D eigenvalue weighted by molar-refractivity contribution is -0.119. The monoisotopic (exact) mass is 383 g/mol. The normalized spacial score (nSPS) is 12.0. The van der Waals surface area contributed by atoms with Gasteiger partial charge in [0.25, 0.3) is 0 Å². The molecule has 0 saturated heterocycles. The molecule has 2 heterocycles. The molecular weight excluding hydrogens is 366 g/mol. The number of nitrogens with zero attached hydrogens (tertiary/aromatic N) is 4. The molecule has 9 heteroatoms. The van der Waals surface area contributed by atoms with Crippen molar-refractivity contribution in [1.29, 1.82) is 0 Å². The fourth-order valence-electron chi connectivity index (χ4n) is 2.07. The van der Waals surface area contributed by atoms with Crippen molar-refractivity contribution in [3.05, 3.63) is 28.1 Å². The van der Waals surface area contributed by atoms with Crippen LogP contribution in [0.3, 0.4) is 0 Å². The number of esters is 1. The average molecular weight is 384 g/mol. The van der Waals surface area contributed by atoms with E-state index in [-0.39, 0.29) is 18.1 Å². The number of amides is 1. The number of hydrogen-bond donors (Lipinski definition) is 1. The molecule has 0 aliphatic carbocycles. The molecule has 1 atom stereocenters. The zero-order valence-electron chi connectivity index (χ0n) is 13.3. The van der Waals surface area contributed by atoms with E-state index < -0.39 is 12.0 Å². The summed E-state index contributed by atoms with van der Waals surface area (Å²) >= 11 is 3.36. The average Bonchev–Trinajstić information content (AvgIpc) is 3.03. The maximum Gasteiger partial charge on any atom is 0.343 e. The van der Waals surface area contributed by atoms with Gasteiger partial charge < -0.3 is 10.1 Å². The second-order valence-electron chi connectivity index (χ2n) is 4.94. The summed E-state index contributed by atoms with van der Waals surface area (Å²) in [6.45, 7) is 5.54.